The number of rotatable bonds is 10. The van der Waals surface area contributed by atoms with E-state index in [1.54, 1.807) is 44.2 Å². The van der Waals surface area contributed by atoms with Gasteiger partial charge in [-0.1, -0.05) is 41.9 Å². The number of carbonyl (C=O) groups excluding carboxylic acids is 1. The molecule has 2 N–H and O–H groups in total. The molecule has 0 spiro atoms. The molecular formula is C19H24ClN2O6PS. The van der Waals surface area contributed by atoms with E-state index in [4.69, 9.17) is 20.6 Å². The average molecular weight is 475 g/mol. The maximum Gasteiger partial charge on any atom is 0.352 e. The molecule has 0 aliphatic carbocycles. The third-order valence-corrected chi connectivity index (χ3v) is 8.08. The van der Waals surface area contributed by atoms with E-state index in [9.17, 15) is 17.8 Å². The fourth-order valence-corrected chi connectivity index (χ4v) is 6.61. The number of benzene rings is 2. The number of carbonyl (C=O) groups is 1. The van der Waals surface area contributed by atoms with Crippen LogP contribution in [0.15, 0.2) is 53.4 Å². The standard InChI is InChI=1S/C19H24ClN2O6PS/c1-4-27-29(24,28-5-2)19(15-9-7-6-8-10-15)22-30(25,26)16-11-12-18(17(20)13-16)21-14(3)23/h6-13,19,22H,4-5H2,1-3H3,(H,21,23). The Balaban J connectivity index is 2.47. The molecule has 0 saturated carbocycles. The van der Waals surface area contributed by atoms with Gasteiger partial charge in [0.2, 0.25) is 15.9 Å². The fraction of sp³-hybridized carbons (Fsp3) is 0.316. The fourth-order valence-electron chi connectivity index (χ4n) is 2.67. The van der Waals surface area contributed by atoms with Crippen molar-refractivity contribution in [1.82, 2.24) is 4.72 Å². The molecule has 0 heterocycles. The Bertz CT molecular complexity index is 1020. The summed E-state index contributed by atoms with van der Waals surface area (Å²) in [5, 5.41) is 2.55. The van der Waals surface area contributed by atoms with Gasteiger partial charge in [0.05, 0.1) is 28.8 Å². The third-order valence-electron chi connectivity index (χ3n) is 3.88. The van der Waals surface area contributed by atoms with Gasteiger partial charge in [-0.3, -0.25) is 9.36 Å². The van der Waals surface area contributed by atoms with E-state index in [1.807, 2.05) is 0 Å². The molecule has 1 unspecified atom stereocenters. The summed E-state index contributed by atoms with van der Waals surface area (Å²) < 4.78 is 52.8. The van der Waals surface area contributed by atoms with Gasteiger partial charge in [0, 0.05) is 6.92 Å². The van der Waals surface area contributed by atoms with Gasteiger partial charge < -0.3 is 14.4 Å². The van der Waals surface area contributed by atoms with Crippen LogP contribution in [0.2, 0.25) is 5.02 Å². The normalized spacial score (nSPS) is 13.1. The first-order valence-corrected chi connectivity index (χ1v) is 12.6. The minimum absolute atomic E-state index is 0.0436. The second-order valence-electron chi connectivity index (χ2n) is 6.13. The summed E-state index contributed by atoms with van der Waals surface area (Å²) in [4.78, 5) is 11.1. The number of amides is 1. The third kappa shape index (κ3) is 6.14. The lowest BCUT2D eigenvalue weighted by Crippen LogP contribution is -2.30. The number of anilines is 1. The quantitative estimate of drug-likeness (QED) is 0.489. The first-order chi connectivity index (χ1) is 14.1. The summed E-state index contributed by atoms with van der Waals surface area (Å²) in [6.07, 6.45) is 0. The Morgan fingerprint density at radius 2 is 1.70 bits per heavy atom. The molecule has 0 aromatic heterocycles. The van der Waals surface area contributed by atoms with Crippen LogP contribution in [-0.2, 0) is 28.4 Å². The molecule has 8 nitrogen and oxygen atoms in total. The van der Waals surface area contributed by atoms with Crippen LogP contribution in [0.1, 0.15) is 32.1 Å². The van der Waals surface area contributed by atoms with Crippen LogP contribution in [0.4, 0.5) is 5.69 Å². The van der Waals surface area contributed by atoms with E-state index in [0.717, 1.165) is 0 Å². The first-order valence-electron chi connectivity index (χ1n) is 9.16. The van der Waals surface area contributed by atoms with E-state index in [2.05, 4.69) is 10.0 Å². The van der Waals surface area contributed by atoms with Gasteiger partial charge in [-0.15, -0.1) is 0 Å². The molecule has 1 amide bonds. The van der Waals surface area contributed by atoms with Crippen molar-refractivity contribution < 1.29 is 26.8 Å². The molecule has 30 heavy (non-hydrogen) atoms. The van der Waals surface area contributed by atoms with E-state index in [0.29, 0.717) is 5.56 Å². The highest BCUT2D eigenvalue weighted by molar-refractivity contribution is 7.89. The van der Waals surface area contributed by atoms with Gasteiger partial charge in [0.15, 0.2) is 0 Å². The maximum absolute atomic E-state index is 13.4. The molecule has 1 atom stereocenters. The Morgan fingerprint density at radius 3 is 2.20 bits per heavy atom. The molecule has 2 aromatic carbocycles. The van der Waals surface area contributed by atoms with Crippen LogP contribution in [0.3, 0.4) is 0 Å². The predicted molar refractivity (Wildman–Crippen MR) is 116 cm³/mol. The molecule has 0 aliphatic heterocycles. The molecular weight excluding hydrogens is 451 g/mol. The average Bonchev–Trinajstić information content (AvgIpc) is 2.68. The number of hydrogen-bond donors (Lipinski definition) is 2. The molecule has 2 rings (SSSR count). The summed E-state index contributed by atoms with van der Waals surface area (Å²) in [5.41, 5.74) is 0.698. The smallest absolute Gasteiger partial charge is 0.325 e. The molecule has 164 valence electrons. The second-order valence-corrected chi connectivity index (χ2v) is 10.4. The van der Waals surface area contributed by atoms with E-state index in [-0.39, 0.29) is 34.7 Å². The lowest BCUT2D eigenvalue weighted by atomic mass is 10.2. The van der Waals surface area contributed by atoms with Gasteiger partial charge in [0.1, 0.15) is 5.78 Å². The summed E-state index contributed by atoms with van der Waals surface area (Å²) in [6.45, 7) is 4.73. The minimum atomic E-state index is -4.17. The summed E-state index contributed by atoms with van der Waals surface area (Å²) >= 11 is 6.11. The van der Waals surface area contributed by atoms with Gasteiger partial charge in [-0.05, 0) is 37.6 Å². The Kier molecular flexibility index (Phi) is 8.61. The summed E-state index contributed by atoms with van der Waals surface area (Å²) in [6, 6.07) is 12.3. The van der Waals surface area contributed by atoms with Crippen LogP contribution < -0.4 is 10.0 Å². The second kappa shape index (κ2) is 10.5. The van der Waals surface area contributed by atoms with Crippen LogP contribution >= 0.6 is 19.2 Å². The Hall–Kier alpha value is -1.74. The highest BCUT2D eigenvalue weighted by Gasteiger charge is 2.40. The van der Waals surface area contributed by atoms with Crippen LogP contribution in [0, 0.1) is 0 Å². The minimum Gasteiger partial charge on any atom is -0.325 e. The zero-order chi connectivity index (χ0) is 22.4. The van der Waals surface area contributed by atoms with Crippen molar-refractivity contribution in [2.75, 3.05) is 18.5 Å². The predicted octanol–water partition coefficient (Wildman–Crippen LogP) is 4.54. The molecule has 0 bridgehead atoms. The van der Waals surface area contributed by atoms with Crippen molar-refractivity contribution in [2.45, 2.75) is 31.4 Å². The molecule has 2 aromatic rings. The molecule has 0 aliphatic rings. The van der Waals surface area contributed by atoms with Crippen LogP contribution in [0.25, 0.3) is 0 Å². The van der Waals surface area contributed by atoms with Gasteiger partial charge in [0.25, 0.3) is 0 Å². The van der Waals surface area contributed by atoms with Crippen molar-refractivity contribution in [3.63, 3.8) is 0 Å². The molecule has 11 heteroatoms. The van der Waals surface area contributed by atoms with Gasteiger partial charge in [-0.25, -0.2) is 8.42 Å². The molecule has 0 fully saturated rings. The highest BCUT2D eigenvalue weighted by Crippen LogP contribution is 2.60. The Labute approximate surface area is 181 Å². The van der Waals surface area contributed by atoms with Gasteiger partial charge >= 0.3 is 7.60 Å². The highest BCUT2D eigenvalue weighted by atomic mass is 35.5. The monoisotopic (exact) mass is 474 g/mol. The zero-order valence-electron chi connectivity index (χ0n) is 16.8. The van der Waals surface area contributed by atoms with E-state index < -0.39 is 23.4 Å². The van der Waals surface area contributed by atoms with Gasteiger partial charge in [-0.2, -0.15) is 4.72 Å². The topological polar surface area (TPSA) is 111 Å². The van der Waals surface area contributed by atoms with Crippen molar-refractivity contribution in [3.05, 3.63) is 59.1 Å². The van der Waals surface area contributed by atoms with E-state index in [1.165, 1.54) is 25.1 Å². The lowest BCUT2D eigenvalue weighted by Gasteiger charge is -2.27. The zero-order valence-corrected chi connectivity index (χ0v) is 19.3. The molecule has 0 saturated heterocycles. The first kappa shape index (κ1) is 24.5. The summed E-state index contributed by atoms with van der Waals surface area (Å²) in [5.74, 6) is -1.61. The number of halogens is 1. The number of nitrogens with one attached hydrogen (secondary N) is 2. The van der Waals surface area contributed by atoms with Crippen molar-refractivity contribution in [2.24, 2.45) is 0 Å². The van der Waals surface area contributed by atoms with Crippen LogP contribution in [-0.4, -0.2) is 27.5 Å². The van der Waals surface area contributed by atoms with Crippen molar-refractivity contribution in [3.8, 4) is 0 Å². The number of hydrogen-bond acceptors (Lipinski definition) is 6. The molecule has 0 radical (unpaired) electrons. The maximum atomic E-state index is 13.4. The summed E-state index contributed by atoms with van der Waals surface area (Å²) in [7, 11) is -8.06. The SMILES string of the molecule is CCOP(=O)(OCC)C(NS(=O)(=O)c1ccc(NC(C)=O)c(Cl)c1)c1ccccc1. The van der Waals surface area contributed by atoms with Crippen LogP contribution in [0.5, 0.6) is 0 Å². The number of sulfonamides is 1. The Morgan fingerprint density at radius 1 is 1.10 bits per heavy atom. The van der Waals surface area contributed by atoms with Crippen molar-refractivity contribution >= 4 is 40.8 Å². The lowest BCUT2D eigenvalue weighted by molar-refractivity contribution is -0.114. The van der Waals surface area contributed by atoms with E-state index >= 15 is 0 Å². The largest absolute Gasteiger partial charge is 0.352 e. The van der Waals surface area contributed by atoms with Crippen molar-refractivity contribution in [1.29, 1.82) is 0 Å².